The Morgan fingerprint density at radius 3 is 2.75 bits per heavy atom. The van der Waals surface area contributed by atoms with E-state index in [0.29, 0.717) is 25.0 Å². The van der Waals surface area contributed by atoms with Crippen molar-refractivity contribution in [1.29, 1.82) is 0 Å². The molecule has 0 bridgehead atoms. The molecule has 4 heteroatoms. The first kappa shape index (κ1) is 13.5. The fourth-order valence-corrected chi connectivity index (χ4v) is 2.13. The standard InChI is InChI=1S/C12H25N3O/c1-3-10(4-2)9-15-6-5-11(7-13)14-8-12(15)16/h10-11,14H,3-9,13H2,1-2H3/t11-/m0/s1. The molecule has 1 atom stereocenters. The highest BCUT2D eigenvalue weighted by molar-refractivity contribution is 5.78. The summed E-state index contributed by atoms with van der Waals surface area (Å²) in [4.78, 5) is 13.9. The Hall–Kier alpha value is -0.610. The van der Waals surface area contributed by atoms with E-state index in [0.717, 1.165) is 32.4 Å². The summed E-state index contributed by atoms with van der Waals surface area (Å²) >= 11 is 0. The lowest BCUT2D eigenvalue weighted by atomic mass is 10.0. The molecule has 1 rings (SSSR count). The van der Waals surface area contributed by atoms with Crippen molar-refractivity contribution in [2.24, 2.45) is 11.7 Å². The second-order valence-electron chi connectivity index (χ2n) is 4.62. The van der Waals surface area contributed by atoms with Gasteiger partial charge < -0.3 is 16.0 Å². The second-order valence-corrected chi connectivity index (χ2v) is 4.62. The van der Waals surface area contributed by atoms with Crippen molar-refractivity contribution < 1.29 is 4.79 Å². The van der Waals surface area contributed by atoms with Gasteiger partial charge in [-0.3, -0.25) is 4.79 Å². The summed E-state index contributed by atoms with van der Waals surface area (Å²) in [6.07, 6.45) is 3.27. The summed E-state index contributed by atoms with van der Waals surface area (Å²) in [7, 11) is 0. The van der Waals surface area contributed by atoms with Crippen LogP contribution in [0.4, 0.5) is 0 Å². The maximum atomic E-state index is 11.9. The molecule has 3 N–H and O–H groups in total. The van der Waals surface area contributed by atoms with Crippen molar-refractivity contribution in [3.8, 4) is 0 Å². The van der Waals surface area contributed by atoms with E-state index >= 15 is 0 Å². The molecule has 1 saturated heterocycles. The van der Waals surface area contributed by atoms with Crippen LogP contribution in [0.1, 0.15) is 33.1 Å². The minimum absolute atomic E-state index is 0.225. The van der Waals surface area contributed by atoms with Crippen LogP contribution in [0.15, 0.2) is 0 Å². The number of hydrogen-bond acceptors (Lipinski definition) is 3. The van der Waals surface area contributed by atoms with Gasteiger partial charge in [-0.1, -0.05) is 26.7 Å². The summed E-state index contributed by atoms with van der Waals surface area (Å²) in [5.74, 6) is 0.862. The molecule has 0 unspecified atom stereocenters. The Balaban J connectivity index is 2.48. The Morgan fingerprint density at radius 2 is 2.19 bits per heavy atom. The monoisotopic (exact) mass is 227 g/mol. The van der Waals surface area contributed by atoms with Crippen molar-refractivity contribution in [3.63, 3.8) is 0 Å². The zero-order chi connectivity index (χ0) is 12.0. The molecule has 94 valence electrons. The van der Waals surface area contributed by atoms with Gasteiger partial charge in [0, 0.05) is 25.7 Å². The zero-order valence-electron chi connectivity index (χ0n) is 10.5. The maximum absolute atomic E-state index is 11.9. The maximum Gasteiger partial charge on any atom is 0.236 e. The van der Waals surface area contributed by atoms with Gasteiger partial charge in [0.15, 0.2) is 0 Å². The molecule has 0 saturated carbocycles. The molecule has 0 aromatic heterocycles. The predicted molar refractivity (Wildman–Crippen MR) is 66.1 cm³/mol. The lowest BCUT2D eigenvalue weighted by Crippen LogP contribution is -2.39. The minimum Gasteiger partial charge on any atom is -0.341 e. The predicted octanol–water partition coefficient (Wildman–Crippen LogP) is 0.572. The Bertz CT molecular complexity index is 216. The van der Waals surface area contributed by atoms with E-state index in [2.05, 4.69) is 19.2 Å². The number of amides is 1. The molecule has 0 aromatic carbocycles. The summed E-state index contributed by atoms with van der Waals surface area (Å²) in [6.45, 7) is 7.21. The number of nitrogens with one attached hydrogen (secondary N) is 1. The minimum atomic E-state index is 0.225. The van der Waals surface area contributed by atoms with E-state index in [1.165, 1.54) is 0 Å². The normalized spacial score (nSPS) is 22.6. The third kappa shape index (κ3) is 3.76. The third-order valence-electron chi connectivity index (χ3n) is 3.56. The number of carbonyl (C=O) groups excluding carboxylic acids is 1. The van der Waals surface area contributed by atoms with Gasteiger partial charge in [0.05, 0.1) is 6.54 Å². The van der Waals surface area contributed by atoms with Crippen LogP contribution in [-0.4, -0.2) is 43.0 Å². The average molecular weight is 227 g/mol. The smallest absolute Gasteiger partial charge is 0.236 e. The quantitative estimate of drug-likeness (QED) is 0.722. The average Bonchev–Trinajstić information content (AvgIpc) is 2.49. The highest BCUT2D eigenvalue weighted by atomic mass is 16.2. The van der Waals surface area contributed by atoms with Gasteiger partial charge in [0.25, 0.3) is 0 Å². The van der Waals surface area contributed by atoms with Crippen molar-refractivity contribution in [3.05, 3.63) is 0 Å². The molecular formula is C12H25N3O. The van der Waals surface area contributed by atoms with Crippen LogP contribution in [0.3, 0.4) is 0 Å². The van der Waals surface area contributed by atoms with Crippen LogP contribution in [0.25, 0.3) is 0 Å². The number of nitrogens with zero attached hydrogens (tertiary/aromatic N) is 1. The van der Waals surface area contributed by atoms with Crippen LogP contribution >= 0.6 is 0 Å². The van der Waals surface area contributed by atoms with Crippen LogP contribution < -0.4 is 11.1 Å². The molecule has 0 spiro atoms. The molecule has 0 aromatic rings. The van der Waals surface area contributed by atoms with E-state index in [9.17, 15) is 4.79 Å². The number of carbonyl (C=O) groups is 1. The molecule has 16 heavy (non-hydrogen) atoms. The molecule has 1 aliphatic heterocycles. The third-order valence-corrected chi connectivity index (χ3v) is 3.56. The summed E-state index contributed by atoms with van der Waals surface area (Å²) in [5, 5.41) is 3.20. The molecule has 0 aliphatic carbocycles. The highest BCUT2D eigenvalue weighted by Gasteiger charge is 2.22. The van der Waals surface area contributed by atoms with Crippen LogP contribution in [0.5, 0.6) is 0 Å². The largest absolute Gasteiger partial charge is 0.341 e. The zero-order valence-corrected chi connectivity index (χ0v) is 10.5. The fraction of sp³-hybridized carbons (Fsp3) is 0.917. The lowest BCUT2D eigenvalue weighted by molar-refractivity contribution is -0.130. The first-order valence-electron chi connectivity index (χ1n) is 6.42. The van der Waals surface area contributed by atoms with Gasteiger partial charge in [-0.15, -0.1) is 0 Å². The van der Waals surface area contributed by atoms with Gasteiger partial charge in [0.2, 0.25) is 5.91 Å². The molecule has 1 heterocycles. The van der Waals surface area contributed by atoms with Crippen LogP contribution in [-0.2, 0) is 4.79 Å². The molecular weight excluding hydrogens is 202 g/mol. The lowest BCUT2D eigenvalue weighted by Gasteiger charge is -2.25. The fourth-order valence-electron chi connectivity index (χ4n) is 2.13. The number of rotatable bonds is 5. The van der Waals surface area contributed by atoms with Crippen molar-refractivity contribution >= 4 is 5.91 Å². The second kappa shape index (κ2) is 6.86. The van der Waals surface area contributed by atoms with Crippen molar-refractivity contribution in [2.45, 2.75) is 39.2 Å². The summed E-state index contributed by atoms with van der Waals surface area (Å²) in [5.41, 5.74) is 5.62. The summed E-state index contributed by atoms with van der Waals surface area (Å²) in [6, 6.07) is 0.302. The first-order chi connectivity index (χ1) is 7.71. The van der Waals surface area contributed by atoms with E-state index in [1.54, 1.807) is 0 Å². The van der Waals surface area contributed by atoms with E-state index in [-0.39, 0.29) is 5.91 Å². The molecule has 1 amide bonds. The molecule has 0 radical (unpaired) electrons. The Labute approximate surface area is 98.6 Å². The number of hydrogen-bond donors (Lipinski definition) is 2. The van der Waals surface area contributed by atoms with E-state index < -0.39 is 0 Å². The van der Waals surface area contributed by atoms with Gasteiger partial charge in [-0.25, -0.2) is 0 Å². The van der Waals surface area contributed by atoms with Crippen LogP contribution in [0, 0.1) is 5.92 Å². The Morgan fingerprint density at radius 1 is 1.50 bits per heavy atom. The molecule has 1 aliphatic rings. The first-order valence-corrected chi connectivity index (χ1v) is 6.42. The van der Waals surface area contributed by atoms with Gasteiger partial charge >= 0.3 is 0 Å². The van der Waals surface area contributed by atoms with E-state index in [1.807, 2.05) is 4.90 Å². The summed E-state index contributed by atoms with van der Waals surface area (Å²) < 4.78 is 0. The van der Waals surface area contributed by atoms with Crippen molar-refractivity contribution in [1.82, 2.24) is 10.2 Å². The van der Waals surface area contributed by atoms with Crippen molar-refractivity contribution in [2.75, 3.05) is 26.2 Å². The van der Waals surface area contributed by atoms with Crippen LogP contribution in [0.2, 0.25) is 0 Å². The SMILES string of the molecule is CCC(CC)CN1CC[C@@H](CN)NCC1=O. The molecule has 4 nitrogen and oxygen atoms in total. The number of nitrogens with two attached hydrogens (primary N) is 1. The van der Waals surface area contributed by atoms with Gasteiger partial charge in [0.1, 0.15) is 0 Å². The Kier molecular flexibility index (Phi) is 5.77. The van der Waals surface area contributed by atoms with Gasteiger partial charge in [-0.05, 0) is 12.3 Å². The van der Waals surface area contributed by atoms with Gasteiger partial charge in [-0.2, -0.15) is 0 Å². The highest BCUT2D eigenvalue weighted by Crippen LogP contribution is 2.12. The molecule has 1 fully saturated rings. The van der Waals surface area contributed by atoms with E-state index in [4.69, 9.17) is 5.73 Å². The topological polar surface area (TPSA) is 58.4 Å².